The summed E-state index contributed by atoms with van der Waals surface area (Å²) in [7, 11) is 0. The molecule has 1 aromatic heterocycles. The average Bonchev–Trinajstić information content (AvgIpc) is 3.10. The number of ether oxygens (including phenoxy) is 2. The molecule has 0 unspecified atom stereocenters. The SMILES string of the molecule is FC(F)(F)c1cc2cc3c(cc2n1Cc1ccccc1)OCO3. The number of alkyl halides is 3. The van der Waals surface area contributed by atoms with E-state index < -0.39 is 11.9 Å². The van der Waals surface area contributed by atoms with Crippen LogP contribution in [-0.4, -0.2) is 11.4 Å². The van der Waals surface area contributed by atoms with E-state index >= 15 is 0 Å². The normalized spacial score (nSPS) is 13.7. The summed E-state index contributed by atoms with van der Waals surface area (Å²) >= 11 is 0. The number of benzene rings is 2. The third kappa shape index (κ3) is 2.40. The van der Waals surface area contributed by atoms with Gasteiger partial charge in [0.05, 0.1) is 5.52 Å². The minimum Gasteiger partial charge on any atom is -0.454 e. The second-order valence-electron chi connectivity index (χ2n) is 5.36. The number of hydrogen-bond acceptors (Lipinski definition) is 2. The van der Waals surface area contributed by atoms with Gasteiger partial charge in [-0.15, -0.1) is 0 Å². The Labute approximate surface area is 129 Å². The van der Waals surface area contributed by atoms with E-state index in [1.165, 1.54) is 4.57 Å². The molecule has 0 saturated heterocycles. The lowest BCUT2D eigenvalue weighted by atomic mass is 10.2. The molecule has 0 spiro atoms. The summed E-state index contributed by atoms with van der Waals surface area (Å²) in [5.41, 5.74) is 0.596. The maximum absolute atomic E-state index is 13.4. The first kappa shape index (κ1) is 14.0. The van der Waals surface area contributed by atoms with E-state index in [-0.39, 0.29) is 13.3 Å². The Bertz CT molecular complexity index is 869. The van der Waals surface area contributed by atoms with Crippen molar-refractivity contribution in [2.24, 2.45) is 0 Å². The summed E-state index contributed by atoms with van der Waals surface area (Å²) in [6.07, 6.45) is -4.43. The van der Waals surface area contributed by atoms with Crippen LogP contribution < -0.4 is 9.47 Å². The zero-order valence-corrected chi connectivity index (χ0v) is 11.9. The molecule has 0 aliphatic carbocycles. The van der Waals surface area contributed by atoms with Crippen LogP contribution in [0.25, 0.3) is 10.9 Å². The number of halogens is 3. The van der Waals surface area contributed by atoms with Crippen LogP contribution in [0.2, 0.25) is 0 Å². The van der Waals surface area contributed by atoms with E-state index in [1.807, 2.05) is 18.2 Å². The van der Waals surface area contributed by atoms with Crippen LogP contribution in [0.15, 0.2) is 48.5 Å². The minimum absolute atomic E-state index is 0.0900. The monoisotopic (exact) mass is 319 g/mol. The third-order valence-corrected chi connectivity index (χ3v) is 3.87. The molecule has 1 aliphatic heterocycles. The summed E-state index contributed by atoms with van der Waals surface area (Å²) in [6, 6.07) is 13.4. The Morgan fingerprint density at radius 1 is 0.957 bits per heavy atom. The topological polar surface area (TPSA) is 23.4 Å². The first-order valence-electron chi connectivity index (χ1n) is 7.06. The van der Waals surface area contributed by atoms with Gasteiger partial charge in [-0.1, -0.05) is 30.3 Å². The van der Waals surface area contributed by atoms with E-state index in [2.05, 4.69) is 0 Å². The zero-order valence-electron chi connectivity index (χ0n) is 11.9. The second kappa shape index (κ2) is 4.94. The molecule has 4 rings (SSSR count). The van der Waals surface area contributed by atoms with Crippen molar-refractivity contribution in [3.8, 4) is 11.5 Å². The van der Waals surface area contributed by atoms with Gasteiger partial charge in [-0.3, -0.25) is 0 Å². The van der Waals surface area contributed by atoms with Crippen molar-refractivity contribution in [2.45, 2.75) is 12.7 Å². The van der Waals surface area contributed by atoms with Crippen molar-refractivity contribution in [3.63, 3.8) is 0 Å². The van der Waals surface area contributed by atoms with Crippen LogP contribution in [0.1, 0.15) is 11.3 Å². The molecule has 2 aromatic carbocycles. The highest BCUT2D eigenvalue weighted by molar-refractivity contribution is 5.85. The lowest BCUT2D eigenvalue weighted by molar-refractivity contribution is -0.143. The highest BCUT2D eigenvalue weighted by Crippen LogP contribution is 2.40. The van der Waals surface area contributed by atoms with Crippen LogP contribution in [0.3, 0.4) is 0 Å². The zero-order chi connectivity index (χ0) is 16.0. The summed E-state index contributed by atoms with van der Waals surface area (Å²) < 4.78 is 52.0. The fourth-order valence-corrected chi connectivity index (χ4v) is 2.82. The van der Waals surface area contributed by atoms with E-state index in [9.17, 15) is 13.2 Å². The van der Waals surface area contributed by atoms with Gasteiger partial charge in [0, 0.05) is 18.0 Å². The second-order valence-corrected chi connectivity index (χ2v) is 5.36. The van der Waals surface area contributed by atoms with Crippen molar-refractivity contribution >= 4 is 10.9 Å². The van der Waals surface area contributed by atoms with Crippen molar-refractivity contribution < 1.29 is 22.6 Å². The van der Waals surface area contributed by atoms with Crippen LogP contribution in [0.4, 0.5) is 13.2 Å². The Kier molecular flexibility index (Phi) is 3.01. The van der Waals surface area contributed by atoms with Gasteiger partial charge in [0.2, 0.25) is 6.79 Å². The molecular weight excluding hydrogens is 307 g/mol. The molecule has 3 aromatic rings. The quantitative estimate of drug-likeness (QED) is 0.697. The predicted octanol–water partition coefficient (Wildman–Crippen LogP) is 4.44. The Morgan fingerprint density at radius 3 is 2.35 bits per heavy atom. The first-order chi connectivity index (χ1) is 11.0. The number of rotatable bonds is 2. The molecule has 0 radical (unpaired) electrons. The average molecular weight is 319 g/mol. The summed E-state index contributed by atoms with van der Waals surface area (Å²) in [4.78, 5) is 0. The highest BCUT2D eigenvalue weighted by Gasteiger charge is 2.36. The minimum atomic E-state index is -4.43. The largest absolute Gasteiger partial charge is 0.454 e. The van der Waals surface area contributed by atoms with Gasteiger partial charge in [0.15, 0.2) is 11.5 Å². The van der Waals surface area contributed by atoms with E-state index in [0.29, 0.717) is 22.4 Å². The number of fused-ring (bicyclic) bond motifs is 2. The molecule has 0 N–H and O–H groups in total. The predicted molar refractivity (Wildman–Crippen MR) is 78.6 cm³/mol. The summed E-state index contributed by atoms with van der Waals surface area (Å²) in [5.74, 6) is 0.946. The fourth-order valence-electron chi connectivity index (χ4n) is 2.82. The van der Waals surface area contributed by atoms with Crippen molar-refractivity contribution in [3.05, 3.63) is 59.8 Å². The summed E-state index contributed by atoms with van der Waals surface area (Å²) in [6.45, 7) is 0.228. The molecule has 1 aliphatic rings. The molecule has 3 nitrogen and oxygen atoms in total. The van der Waals surface area contributed by atoms with Gasteiger partial charge in [0.25, 0.3) is 0 Å². The molecule has 2 heterocycles. The van der Waals surface area contributed by atoms with Gasteiger partial charge in [-0.05, 0) is 17.7 Å². The Balaban J connectivity index is 1.91. The van der Waals surface area contributed by atoms with E-state index in [1.54, 1.807) is 24.3 Å². The smallest absolute Gasteiger partial charge is 0.431 e. The molecule has 0 atom stereocenters. The highest BCUT2D eigenvalue weighted by atomic mass is 19.4. The van der Waals surface area contributed by atoms with Crippen molar-refractivity contribution in [2.75, 3.05) is 6.79 Å². The Morgan fingerprint density at radius 2 is 1.65 bits per heavy atom. The van der Waals surface area contributed by atoms with Gasteiger partial charge >= 0.3 is 6.18 Å². The van der Waals surface area contributed by atoms with Crippen molar-refractivity contribution in [1.82, 2.24) is 4.57 Å². The van der Waals surface area contributed by atoms with Gasteiger partial charge in [0.1, 0.15) is 5.69 Å². The van der Waals surface area contributed by atoms with Crippen molar-refractivity contribution in [1.29, 1.82) is 0 Å². The lowest BCUT2D eigenvalue weighted by Gasteiger charge is -2.13. The van der Waals surface area contributed by atoms with Crippen LogP contribution in [-0.2, 0) is 12.7 Å². The molecule has 23 heavy (non-hydrogen) atoms. The molecule has 6 heteroatoms. The molecular formula is C17H12F3NO2. The molecule has 0 saturated carbocycles. The first-order valence-corrected chi connectivity index (χ1v) is 7.06. The third-order valence-electron chi connectivity index (χ3n) is 3.87. The maximum atomic E-state index is 13.4. The van der Waals surface area contributed by atoms with Gasteiger partial charge < -0.3 is 14.0 Å². The molecule has 0 amide bonds. The fraction of sp³-hybridized carbons (Fsp3) is 0.176. The maximum Gasteiger partial charge on any atom is 0.431 e. The number of nitrogens with zero attached hydrogens (tertiary/aromatic N) is 1. The van der Waals surface area contributed by atoms with Crippen LogP contribution >= 0.6 is 0 Å². The van der Waals surface area contributed by atoms with Crippen LogP contribution in [0, 0.1) is 0 Å². The van der Waals surface area contributed by atoms with E-state index in [0.717, 1.165) is 11.6 Å². The van der Waals surface area contributed by atoms with Gasteiger partial charge in [-0.2, -0.15) is 13.2 Å². The summed E-state index contributed by atoms with van der Waals surface area (Å²) in [5, 5.41) is 0.484. The Hall–Kier alpha value is -2.63. The number of hydrogen-bond donors (Lipinski definition) is 0. The number of aromatic nitrogens is 1. The van der Waals surface area contributed by atoms with Crippen LogP contribution in [0.5, 0.6) is 11.5 Å². The van der Waals surface area contributed by atoms with Gasteiger partial charge in [-0.25, -0.2) is 0 Å². The standard InChI is InChI=1S/C17H12F3NO2/c18-17(19,20)16-7-12-6-14-15(23-10-22-14)8-13(12)21(16)9-11-4-2-1-3-5-11/h1-8H,9-10H2. The molecule has 118 valence electrons. The molecule has 0 bridgehead atoms. The molecule has 0 fully saturated rings. The van der Waals surface area contributed by atoms with E-state index in [4.69, 9.17) is 9.47 Å². The lowest BCUT2D eigenvalue weighted by Crippen LogP contribution is -2.14.